The summed E-state index contributed by atoms with van der Waals surface area (Å²) in [5.74, 6) is -0.281. The molecule has 1 aromatic carbocycles. The van der Waals surface area contributed by atoms with Crippen molar-refractivity contribution in [2.24, 2.45) is 5.10 Å². The summed E-state index contributed by atoms with van der Waals surface area (Å²) in [5, 5.41) is 3.80. The third-order valence-corrected chi connectivity index (χ3v) is 2.76. The fourth-order valence-corrected chi connectivity index (χ4v) is 1.78. The van der Waals surface area contributed by atoms with E-state index in [4.69, 9.17) is 0 Å². The van der Waals surface area contributed by atoms with Crippen LogP contribution < -0.4 is 5.43 Å². The van der Waals surface area contributed by atoms with E-state index in [9.17, 15) is 9.59 Å². The normalized spacial score (nSPS) is 14.7. The van der Waals surface area contributed by atoms with E-state index in [0.717, 1.165) is 5.56 Å². The van der Waals surface area contributed by atoms with Crippen molar-refractivity contribution >= 4 is 17.5 Å². The summed E-state index contributed by atoms with van der Waals surface area (Å²) >= 11 is 0. The van der Waals surface area contributed by atoms with Gasteiger partial charge in [-0.25, -0.2) is 5.43 Å². The third kappa shape index (κ3) is 2.94. The van der Waals surface area contributed by atoms with Gasteiger partial charge in [0, 0.05) is 26.4 Å². The van der Waals surface area contributed by atoms with E-state index in [-0.39, 0.29) is 11.8 Å². The van der Waals surface area contributed by atoms with Crippen LogP contribution in [0, 0.1) is 0 Å². The van der Waals surface area contributed by atoms with E-state index in [0.29, 0.717) is 25.1 Å². The first kappa shape index (κ1) is 12.3. The Labute approximate surface area is 105 Å². The summed E-state index contributed by atoms with van der Waals surface area (Å²) in [6.45, 7) is 0.534. The minimum atomic E-state index is -0.141. The molecule has 0 radical (unpaired) electrons. The van der Waals surface area contributed by atoms with Gasteiger partial charge in [0.25, 0.3) is 5.91 Å². The maximum absolute atomic E-state index is 12.1. The number of hydrazone groups is 1. The second-order valence-electron chi connectivity index (χ2n) is 4.24. The lowest BCUT2D eigenvalue weighted by molar-refractivity contribution is -0.124. The Kier molecular flexibility index (Phi) is 3.72. The monoisotopic (exact) mass is 245 g/mol. The minimum absolute atomic E-state index is 0.140. The molecule has 1 aliphatic rings. The number of carbonyl (C=O) groups excluding carboxylic acids is 2. The molecule has 1 N–H and O–H groups in total. The van der Waals surface area contributed by atoms with Gasteiger partial charge in [0.2, 0.25) is 5.91 Å². The van der Waals surface area contributed by atoms with Gasteiger partial charge in [-0.3, -0.25) is 9.59 Å². The number of hydrogen-bond acceptors (Lipinski definition) is 3. The first-order valence-corrected chi connectivity index (χ1v) is 5.81. The molecule has 94 valence electrons. The molecule has 1 aromatic rings. The van der Waals surface area contributed by atoms with Crippen LogP contribution in [0.15, 0.2) is 35.4 Å². The Morgan fingerprint density at radius 3 is 2.67 bits per heavy atom. The third-order valence-electron chi connectivity index (χ3n) is 2.76. The lowest BCUT2D eigenvalue weighted by Crippen LogP contribution is -2.37. The van der Waals surface area contributed by atoms with Crippen molar-refractivity contribution in [3.63, 3.8) is 0 Å². The van der Waals surface area contributed by atoms with Crippen LogP contribution in [0.3, 0.4) is 0 Å². The SMILES string of the molecule is CN(Cc1ccccc1)C(=O)C1=NNC(=O)CC1. The van der Waals surface area contributed by atoms with Crippen molar-refractivity contribution in [3.05, 3.63) is 35.9 Å². The molecule has 0 spiro atoms. The van der Waals surface area contributed by atoms with Gasteiger partial charge < -0.3 is 4.90 Å². The van der Waals surface area contributed by atoms with Crippen LogP contribution in [0.2, 0.25) is 0 Å². The summed E-state index contributed by atoms with van der Waals surface area (Å²) in [5.41, 5.74) is 3.81. The minimum Gasteiger partial charge on any atom is -0.336 e. The molecule has 2 rings (SSSR count). The number of nitrogens with one attached hydrogen (secondary N) is 1. The van der Waals surface area contributed by atoms with E-state index in [1.165, 1.54) is 0 Å². The zero-order valence-electron chi connectivity index (χ0n) is 10.2. The van der Waals surface area contributed by atoms with Crippen LogP contribution in [0.25, 0.3) is 0 Å². The molecule has 0 unspecified atom stereocenters. The van der Waals surface area contributed by atoms with Gasteiger partial charge >= 0.3 is 0 Å². The Bertz CT molecular complexity index is 482. The number of nitrogens with zero attached hydrogens (tertiary/aromatic N) is 2. The molecular weight excluding hydrogens is 230 g/mol. The molecule has 0 bridgehead atoms. The van der Waals surface area contributed by atoms with E-state index in [1.807, 2.05) is 30.3 Å². The molecule has 5 nitrogen and oxygen atoms in total. The van der Waals surface area contributed by atoms with Crippen LogP contribution in [-0.4, -0.2) is 29.5 Å². The number of benzene rings is 1. The molecule has 0 aromatic heterocycles. The predicted octanol–water partition coefficient (Wildman–Crippen LogP) is 0.911. The summed E-state index contributed by atoms with van der Waals surface area (Å²) in [7, 11) is 1.73. The summed E-state index contributed by atoms with van der Waals surface area (Å²) in [6.07, 6.45) is 0.730. The molecule has 0 saturated heterocycles. The Morgan fingerprint density at radius 1 is 1.33 bits per heavy atom. The molecule has 1 aliphatic heterocycles. The van der Waals surface area contributed by atoms with E-state index in [1.54, 1.807) is 11.9 Å². The van der Waals surface area contributed by atoms with Gasteiger partial charge in [0.05, 0.1) is 0 Å². The van der Waals surface area contributed by atoms with Crippen molar-refractivity contribution in [2.45, 2.75) is 19.4 Å². The van der Waals surface area contributed by atoms with Gasteiger partial charge in [-0.15, -0.1) is 0 Å². The average molecular weight is 245 g/mol. The molecule has 5 heteroatoms. The lowest BCUT2D eigenvalue weighted by atomic mass is 10.1. The summed E-state index contributed by atoms with van der Waals surface area (Å²) in [6, 6.07) is 9.74. The fraction of sp³-hybridized carbons (Fsp3) is 0.308. The molecule has 18 heavy (non-hydrogen) atoms. The number of hydrogen-bond donors (Lipinski definition) is 1. The van der Waals surface area contributed by atoms with Crippen LogP contribution in [0.5, 0.6) is 0 Å². The maximum Gasteiger partial charge on any atom is 0.270 e. The van der Waals surface area contributed by atoms with Crippen LogP contribution in [-0.2, 0) is 16.1 Å². The Hall–Kier alpha value is -2.17. The van der Waals surface area contributed by atoms with E-state index in [2.05, 4.69) is 10.5 Å². The van der Waals surface area contributed by atoms with Gasteiger partial charge in [-0.2, -0.15) is 5.10 Å². The average Bonchev–Trinajstić information content (AvgIpc) is 2.40. The van der Waals surface area contributed by atoms with Crippen LogP contribution in [0.1, 0.15) is 18.4 Å². The Balaban J connectivity index is 1.99. The molecule has 0 saturated carbocycles. The number of rotatable bonds is 3. The standard InChI is InChI=1S/C13H15N3O2/c1-16(9-10-5-3-2-4-6-10)13(18)11-7-8-12(17)15-14-11/h2-6H,7-9H2,1H3,(H,15,17). The van der Waals surface area contributed by atoms with Gasteiger partial charge in [-0.1, -0.05) is 30.3 Å². The van der Waals surface area contributed by atoms with Crippen molar-refractivity contribution in [1.29, 1.82) is 0 Å². The van der Waals surface area contributed by atoms with Crippen molar-refractivity contribution < 1.29 is 9.59 Å². The highest BCUT2D eigenvalue weighted by atomic mass is 16.2. The van der Waals surface area contributed by atoms with Crippen LogP contribution in [0.4, 0.5) is 0 Å². The zero-order chi connectivity index (χ0) is 13.0. The second-order valence-corrected chi connectivity index (χ2v) is 4.24. The number of carbonyl (C=O) groups is 2. The lowest BCUT2D eigenvalue weighted by Gasteiger charge is -2.19. The maximum atomic E-state index is 12.1. The fourth-order valence-electron chi connectivity index (χ4n) is 1.78. The quantitative estimate of drug-likeness (QED) is 0.860. The van der Waals surface area contributed by atoms with Crippen LogP contribution >= 0.6 is 0 Å². The summed E-state index contributed by atoms with van der Waals surface area (Å²) < 4.78 is 0. The molecule has 1 heterocycles. The van der Waals surface area contributed by atoms with E-state index < -0.39 is 0 Å². The van der Waals surface area contributed by atoms with Crippen molar-refractivity contribution in [3.8, 4) is 0 Å². The first-order chi connectivity index (χ1) is 8.66. The largest absolute Gasteiger partial charge is 0.336 e. The predicted molar refractivity (Wildman–Crippen MR) is 67.7 cm³/mol. The number of amides is 2. The van der Waals surface area contributed by atoms with E-state index >= 15 is 0 Å². The highest BCUT2D eigenvalue weighted by molar-refractivity contribution is 6.39. The highest BCUT2D eigenvalue weighted by Crippen LogP contribution is 2.07. The van der Waals surface area contributed by atoms with Crippen molar-refractivity contribution in [1.82, 2.24) is 10.3 Å². The first-order valence-electron chi connectivity index (χ1n) is 5.81. The highest BCUT2D eigenvalue weighted by Gasteiger charge is 2.21. The molecule has 0 aliphatic carbocycles. The van der Waals surface area contributed by atoms with Gasteiger partial charge in [0.15, 0.2) is 0 Å². The zero-order valence-corrected chi connectivity index (χ0v) is 10.2. The summed E-state index contributed by atoms with van der Waals surface area (Å²) in [4.78, 5) is 24.6. The molecular formula is C13H15N3O2. The molecule has 2 amide bonds. The van der Waals surface area contributed by atoms with Gasteiger partial charge in [0.1, 0.15) is 5.71 Å². The molecule has 0 fully saturated rings. The molecule has 0 atom stereocenters. The van der Waals surface area contributed by atoms with Gasteiger partial charge in [-0.05, 0) is 5.56 Å². The topological polar surface area (TPSA) is 61.8 Å². The smallest absolute Gasteiger partial charge is 0.270 e. The second kappa shape index (κ2) is 5.44. The van der Waals surface area contributed by atoms with Crippen molar-refractivity contribution in [2.75, 3.05) is 7.05 Å². The Morgan fingerprint density at radius 2 is 2.06 bits per heavy atom.